The molecule has 1 aromatic carbocycles. The first kappa shape index (κ1) is 10.0. The van der Waals surface area contributed by atoms with Gasteiger partial charge in [-0.05, 0) is 30.7 Å². The number of aryl methyl sites for hydroxylation is 1. The predicted molar refractivity (Wildman–Crippen MR) is 67.8 cm³/mol. The van der Waals surface area contributed by atoms with Crippen molar-refractivity contribution < 1.29 is 0 Å². The molecule has 3 heteroatoms. The molecule has 0 aliphatic rings. The standard InChI is InChI=1S/C14H13N3/c1-11-16-13-6-2-3-7-14(13)17(11)10-12-5-4-8-15-9-12/h2-9H,10H2,1H3. The van der Waals surface area contributed by atoms with E-state index >= 15 is 0 Å². The van der Waals surface area contributed by atoms with Gasteiger partial charge < -0.3 is 4.57 Å². The lowest BCUT2D eigenvalue weighted by Gasteiger charge is -2.06. The molecule has 84 valence electrons. The first-order valence-corrected chi connectivity index (χ1v) is 5.65. The van der Waals surface area contributed by atoms with E-state index in [1.807, 2.05) is 37.4 Å². The van der Waals surface area contributed by atoms with Crippen molar-refractivity contribution in [1.82, 2.24) is 14.5 Å². The Morgan fingerprint density at radius 2 is 2.00 bits per heavy atom. The lowest BCUT2D eigenvalue weighted by atomic mass is 10.2. The van der Waals surface area contributed by atoms with Gasteiger partial charge in [-0.3, -0.25) is 4.98 Å². The Balaban J connectivity index is 2.08. The molecule has 3 aromatic rings. The van der Waals surface area contributed by atoms with Crippen molar-refractivity contribution in [2.75, 3.05) is 0 Å². The van der Waals surface area contributed by atoms with Crippen LogP contribution in [0.3, 0.4) is 0 Å². The number of imidazole rings is 1. The number of nitrogens with zero attached hydrogens (tertiary/aromatic N) is 3. The van der Waals surface area contributed by atoms with Crippen molar-refractivity contribution >= 4 is 11.0 Å². The summed E-state index contributed by atoms with van der Waals surface area (Å²) in [6.07, 6.45) is 3.69. The normalized spacial score (nSPS) is 10.9. The van der Waals surface area contributed by atoms with Gasteiger partial charge in [0.2, 0.25) is 0 Å². The van der Waals surface area contributed by atoms with E-state index in [2.05, 4.69) is 26.7 Å². The third kappa shape index (κ3) is 1.80. The molecule has 0 radical (unpaired) electrons. The molecular weight excluding hydrogens is 210 g/mol. The Morgan fingerprint density at radius 3 is 2.82 bits per heavy atom. The molecule has 2 heterocycles. The molecule has 0 N–H and O–H groups in total. The van der Waals surface area contributed by atoms with Crippen LogP contribution in [0.15, 0.2) is 48.8 Å². The van der Waals surface area contributed by atoms with Crippen molar-refractivity contribution in [1.29, 1.82) is 0 Å². The molecule has 0 aliphatic carbocycles. The van der Waals surface area contributed by atoms with Crippen LogP contribution < -0.4 is 0 Å². The molecule has 0 amide bonds. The zero-order chi connectivity index (χ0) is 11.7. The SMILES string of the molecule is Cc1nc2ccccc2n1Cc1cccnc1. The summed E-state index contributed by atoms with van der Waals surface area (Å²) in [5.74, 6) is 1.04. The van der Waals surface area contributed by atoms with E-state index < -0.39 is 0 Å². The fourth-order valence-corrected chi connectivity index (χ4v) is 2.07. The Kier molecular flexibility index (Phi) is 2.37. The monoisotopic (exact) mass is 223 g/mol. The average Bonchev–Trinajstić information content (AvgIpc) is 2.68. The van der Waals surface area contributed by atoms with Crippen LogP contribution in [-0.2, 0) is 6.54 Å². The van der Waals surface area contributed by atoms with E-state index in [-0.39, 0.29) is 0 Å². The van der Waals surface area contributed by atoms with Crippen molar-refractivity contribution in [2.45, 2.75) is 13.5 Å². The second-order valence-corrected chi connectivity index (χ2v) is 4.10. The fourth-order valence-electron chi connectivity index (χ4n) is 2.07. The van der Waals surface area contributed by atoms with Gasteiger partial charge in [0.1, 0.15) is 5.82 Å². The van der Waals surface area contributed by atoms with Crippen LogP contribution in [0, 0.1) is 6.92 Å². The highest BCUT2D eigenvalue weighted by molar-refractivity contribution is 5.75. The zero-order valence-electron chi connectivity index (χ0n) is 9.67. The smallest absolute Gasteiger partial charge is 0.107 e. The highest BCUT2D eigenvalue weighted by Crippen LogP contribution is 2.16. The van der Waals surface area contributed by atoms with E-state index in [0.29, 0.717) is 0 Å². The number of fused-ring (bicyclic) bond motifs is 1. The second-order valence-electron chi connectivity index (χ2n) is 4.10. The average molecular weight is 223 g/mol. The molecule has 0 spiro atoms. The number of pyridine rings is 1. The molecule has 2 aromatic heterocycles. The predicted octanol–water partition coefficient (Wildman–Crippen LogP) is 2.79. The fraction of sp³-hybridized carbons (Fsp3) is 0.143. The number of benzene rings is 1. The molecule has 0 fully saturated rings. The maximum Gasteiger partial charge on any atom is 0.107 e. The van der Waals surface area contributed by atoms with Gasteiger partial charge >= 0.3 is 0 Å². The molecular formula is C14H13N3. The third-order valence-electron chi connectivity index (χ3n) is 2.91. The molecule has 17 heavy (non-hydrogen) atoms. The summed E-state index contributed by atoms with van der Waals surface area (Å²) in [5, 5.41) is 0. The van der Waals surface area contributed by atoms with Crippen molar-refractivity contribution in [3.8, 4) is 0 Å². The lowest BCUT2D eigenvalue weighted by molar-refractivity contribution is 0.782. The van der Waals surface area contributed by atoms with Crippen LogP contribution in [0.1, 0.15) is 11.4 Å². The Morgan fingerprint density at radius 1 is 1.12 bits per heavy atom. The summed E-state index contributed by atoms with van der Waals surface area (Å²) < 4.78 is 2.21. The first-order chi connectivity index (χ1) is 8.34. The minimum Gasteiger partial charge on any atom is -0.324 e. The molecule has 3 rings (SSSR count). The second kappa shape index (κ2) is 4.01. The summed E-state index contributed by atoms with van der Waals surface area (Å²) in [7, 11) is 0. The van der Waals surface area contributed by atoms with Crippen LogP contribution in [0.4, 0.5) is 0 Å². The molecule has 3 nitrogen and oxygen atoms in total. The van der Waals surface area contributed by atoms with Gasteiger partial charge in [-0.1, -0.05) is 18.2 Å². The molecule has 0 saturated carbocycles. The van der Waals surface area contributed by atoms with Crippen molar-refractivity contribution in [3.63, 3.8) is 0 Å². The lowest BCUT2D eigenvalue weighted by Crippen LogP contribution is -2.01. The molecule has 0 aliphatic heterocycles. The quantitative estimate of drug-likeness (QED) is 0.668. The zero-order valence-corrected chi connectivity index (χ0v) is 9.67. The van der Waals surface area contributed by atoms with E-state index in [0.717, 1.165) is 17.9 Å². The van der Waals surface area contributed by atoms with Gasteiger partial charge in [-0.2, -0.15) is 0 Å². The minimum atomic E-state index is 0.820. The highest BCUT2D eigenvalue weighted by atomic mass is 15.1. The molecule has 0 atom stereocenters. The molecule has 0 unspecified atom stereocenters. The Bertz CT molecular complexity index is 641. The van der Waals surface area contributed by atoms with E-state index in [1.54, 1.807) is 6.20 Å². The number of hydrogen-bond acceptors (Lipinski definition) is 2. The van der Waals surface area contributed by atoms with E-state index in [1.165, 1.54) is 11.1 Å². The van der Waals surface area contributed by atoms with Gasteiger partial charge in [-0.15, -0.1) is 0 Å². The van der Waals surface area contributed by atoms with Gasteiger partial charge in [0.25, 0.3) is 0 Å². The number of rotatable bonds is 2. The minimum absolute atomic E-state index is 0.820. The Hall–Kier alpha value is -2.16. The van der Waals surface area contributed by atoms with Crippen molar-refractivity contribution in [2.24, 2.45) is 0 Å². The van der Waals surface area contributed by atoms with Gasteiger partial charge in [0.15, 0.2) is 0 Å². The third-order valence-corrected chi connectivity index (χ3v) is 2.91. The first-order valence-electron chi connectivity index (χ1n) is 5.65. The van der Waals surface area contributed by atoms with Gasteiger partial charge in [-0.25, -0.2) is 4.98 Å². The Labute approximate surface area is 99.8 Å². The van der Waals surface area contributed by atoms with E-state index in [4.69, 9.17) is 0 Å². The number of hydrogen-bond donors (Lipinski definition) is 0. The van der Waals surface area contributed by atoms with E-state index in [9.17, 15) is 0 Å². The molecule has 0 saturated heterocycles. The number of aromatic nitrogens is 3. The van der Waals surface area contributed by atoms with Crippen molar-refractivity contribution in [3.05, 3.63) is 60.2 Å². The van der Waals surface area contributed by atoms with Gasteiger partial charge in [0, 0.05) is 12.4 Å². The largest absolute Gasteiger partial charge is 0.324 e. The van der Waals surface area contributed by atoms with Crippen LogP contribution in [-0.4, -0.2) is 14.5 Å². The van der Waals surface area contributed by atoms with Crippen LogP contribution >= 0.6 is 0 Å². The highest BCUT2D eigenvalue weighted by Gasteiger charge is 2.06. The summed E-state index contributed by atoms with van der Waals surface area (Å²) >= 11 is 0. The van der Waals surface area contributed by atoms with Crippen LogP contribution in [0.25, 0.3) is 11.0 Å². The number of para-hydroxylation sites is 2. The maximum absolute atomic E-state index is 4.55. The molecule has 0 bridgehead atoms. The maximum atomic E-state index is 4.55. The topological polar surface area (TPSA) is 30.7 Å². The summed E-state index contributed by atoms with van der Waals surface area (Å²) in [6, 6.07) is 12.3. The van der Waals surface area contributed by atoms with Crippen LogP contribution in [0.5, 0.6) is 0 Å². The summed E-state index contributed by atoms with van der Waals surface area (Å²) in [4.78, 5) is 8.69. The summed E-state index contributed by atoms with van der Waals surface area (Å²) in [6.45, 7) is 2.86. The van der Waals surface area contributed by atoms with Gasteiger partial charge in [0.05, 0.1) is 17.6 Å². The summed E-state index contributed by atoms with van der Waals surface area (Å²) in [5.41, 5.74) is 3.42. The van der Waals surface area contributed by atoms with Crippen LogP contribution in [0.2, 0.25) is 0 Å².